The van der Waals surface area contributed by atoms with E-state index in [0.717, 1.165) is 0 Å². The van der Waals surface area contributed by atoms with E-state index in [2.05, 4.69) is 9.97 Å². The topological polar surface area (TPSA) is 72.1 Å². The monoisotopic (exact) mass is 250 g/mol. The molecular formula is C8H12Cl2N4O. The minimum absolute atomic E-state index is 0. The highest BCUT2D eigenvalue weighted by Crippen LogP contribution is 2.16. The number of halogens is 2. The molecule has 1 aliphatic heterocycles. The molecule has 1 aromatic rings. The predicted molar refractivity (Wildman–Crippen MR) is 61.5 cm³/mol. The third kappa shape index (κ3) is 2.77. The van der Waals surface area contributed by atoms with E-state index in [1.807, 2.05) is 0 Å². The molecule has 84 valence electrons. The van der Waals surface area contributed by atoms with Crippen molar-refractivity contribution in [1.29, 1.82) is 0 Å². The average molecular weight is 251 g/mol. The molecule has 0 radical (unpaired) electrons. The van der Waals surface area contributed by atoms with Gasteiger partial charge in [0.2, 0.25) is 5.91 Å². The Morgan fingerprint density at radius 2 is 2.13 bits per heavy atom. The fraction of sp³-hybridized carbons (Fsp3) is 0.375. The van der Waals surface area contributed by atoms with Crippen molar-refractivity contribution >= 4 is 36.5 Å². The highest BCUT2D eigenvalue weighted by Gasteiger charge is 2.30. The van der Waals surface area contributed by atoms with Crippen LogP contribution < -0.4 is 10.6 Å². The Kier molecular flexibility index (Phi) is 5.49. The van der Waals surface area contributed by atoms with Crippen LogP contribution >= 0.6 is 24.8 Å². The van der Waals surface area contributed by atoms with E-state index in [4.69, 9.17) is 5.73 Å². The third-order valence-electron chi connectivity index (χ3n) is 2.07. The van der Waals surface area contributed by atoms with E-state index in [1.165, 1.54) is 0 Å². The molecule has 5 nitrogen and oxygen atoms in total. The molecule has 0 aromatic carbocycles. The zero-order valence-electron chi connectivity index (χ0n) is 7.87. The first-order chi connectivity index (χ1) is 6.29. The van der Waals surface area contributed by atoms with Gasteiger partial charge in [-0.25, -0.2) is 4.98 Å². The van der Waals surface area contributed by atoms with Crippen LogP contribution in [0.2, 0.25) is 0 Å². The van der Waals surface area contributed by atoms with Gasteiger partial charge in [-0.1, -0.05) is 0 Å². The van der Waals surface area contributed by atoms with Gasteiger partial charge in [-0.2, -0.15) is 0 Å². The summed E-state index contributed by atoms with van der Waals surface area (Å²) in [6, 6.07) is -0.373. The molecule has 15 heavy (non-hydrogen) atoms. The normalized spacial score (nSPS) is 19.4. The summed E-state index contributed by atoms with van der Waals surface area (Å²) in [4.78, 5) is 20.9. The van der Waals surface area contributed by atoms with Gasteiger partial charge in [0.05, 0.1) is 12.2 Å². The Labute approximate surface area is 99.9 Å². The molecule has 1 amide bonds. The predicted octanol–water partition coefficient (Wildman–Crippen LogP) is 0.384. The largest absolute Gasteiger partial charge is 0.320 e. The standard InChI is InChI=1S/C8H10N4O.2ClH/c9-6-1-4-12(8(6)13)7-5-10-2-3-11-7;;/h2-3,5-6H,1,4,9H2;2*1H/t6-;;/m0../s1. The maximum atomic E-state index is 11.4. The number of hydrogen-bond donors (Lipinski definition) is 1. The number of nitrogens with zero attached hydrogens (tertiary/aromatic N) is 3. The van der Waals surface area contributed by atoms with Gasteiger partial charge in [-0.3, -0.25) is 14.7 Å². The van der Waals surface area contributed by atoms with Crippen LogP contribution in [0.25, 0.3) is 0 Å². The van der Waals surface area contributed by atoms with E-state index >= 15 is 0 Å². The molecule has 1 atom stereocenters. The molecule has 0 aliphatic carbocycles. The SMILES string of the molecule is Cl.Cl.N[C@H]1CCN(c2cnccn2)C1=O. The lowest BCUT2D eigenvalue weighted by atomic mass is 10.3. The van der Waals surface area contributed by atoms with Crippen molar-refractivity contribution in [1.82, 2.24) is 9.97 Å². The summed E-state index contributed by atoms with van der Waals surface area (Å²) >= 11 is 0. The molecule has 1 aromatic heterocycles. The third-order valence-corrected chi connectivity index (χ3v) is 2.07. The minimum Gasteiger partial charge on any atom is -0.320 e. The number of hydrogen-bond acceptors (Lipinski definition) is 4. The molecule has 1 aliphatic rings. The second kappa shape index (κ2) is 5.85. The Morgan fingerprint density at radius 1 is 1.40 bits per heavy atom. The lowest BCUT2D eigenvalue weighted by molar-refractivity contribution is -0.118. The van der Waals surface area contributed by atoms with Gasteiger partial charge in [0, 0.05) is 18.9 Å². The van der Waals surface area contributed by atoms with Crippen LogP contribution in [0, 0.1) is 0 Å². The lowest BCUT2D eigenvalue weighted by Gasteiger charge is -2.13. The number of carbonyl (C=O) groups is 1. The lowest BCUT2D eigenvalue weighted by Crippen LogP contribution is -2.34. The van der Waals surface area contributed by atoms with Crippen molar-refractivity contribution in [2.24, 2.45) is 5.73 Å². The summed E-state index contributed by atoms with van der Waals surface area (Å²) in [7, 11) is 0. The highest BCUT2D eigenvalue weighted by molar-refractivity contribution is 5.98. The Balaban J connectivity index is 0.000000980. The van der Waals surface area contributed by atoms with Gasteiger partial charge in [0.1, 0.15) is 0 Å². The van der Waals surface area contributed by atoms with Crippen molar-refractivity contribution < 1.29 is 4.79 Å². The molecule has 7 heteroatoms. The average Bonchev–Trinajstić information content (AvgIpc) is 2.49. The van der Waals surface area contributed by atoms with Gasteiger partial charge in [0.25, 0.3) is 0 Å². The van der Waals surface area contributed by atoms with E-state index in [1.54, 1.807) is 23.5 Å². The van der Waals surface area contributed by atoms with Crippen molar-refractivity contribution in [2.45, 2.75) is 12.5 Å². The summed E-state index contributed by atoms with van der Waals surface area (Å²) in [6.45, 7) is 0.638. The Hall–Kier alpha value is -0.910. The molecule has 2 rings (SSSR count). The van der Waals surface area contributed by atoms with E-state index in [9.17, 15) is 4.79 Å². The zero-order valence-corrected chi connectivity index (χ0v) is 9.50. The smallest absolute Gasteiger partial charge is 0.245 e. The van der Waals surface area contributed by atoms with Crippen LogP contribution in [-0.2, 0) is 4.79 Å². The fourth-order valence-corrected chi connectivity index (χ4v) is 1.36. The highest BCUT2D eigenvalue weighted by atomic mass is 35.5. The van der Waals surface area contributed by atoms with Gasteiger partial charge in [-0.05, 0) is 6.42 Å². The van der Waals surface area contributed by atoms with Crippen LogP contribution in [0.15, 0.2) is 18.6 Å². The van der Waals surface area contributed by atoms with Crippen LogP contribution in [-0.4, -0.2) is 28.5 Å². The van der Waals surface area contributed by atoms with E-state index in [0.29, 0.717) is 18.8 Å². The summed E-state index contributed by atoms with van der Waals surface area (Å²) < 4.78 is 0. The molecule has 2 N–H and O–H groups in total. The number of carbonyl (C=O) groups excluding carboxylic acids is 1. The molecular weight excluding hydrogens is 239 g/mol. The van der Waals surface area contributed by atoms with Crippen LogP contribution in [0.1, 0.15) is 6.42 Å². The summed E-state index contributed by atoms with van der Waals surface area (Å²) in [5.74, 6) is 0.515. The molecule has 0 bridgehead atoms. The second-order valence-electron chi connectivity index (χ2n) is 2.95. The number of anilines is 1. The second-order valence-corrected chi connectivity index (χ2v) is 2.95. The molecule has 1 fully saturated rings. The first kappa shape index (κ1) is 14.1. The zero-order chi connectivity index (χ0) is 9.26. The fourth-order valence-electron chi connectivity index (χ4n) is 1.36. The number of amides is 1. The van der Waals surface area contributed by atoms with E-state index < -0.39 is 0 Å². The molecule has 2 heterocycles. The van der Waals surface area contributed by atoms with Gasteiger partial charge in [-0.15, -0.1) is 24.8 Å². The molecule has 1 saturated heterocycles. The van der Waals surface area contributed by atoms with Gasteiger partial charge in [0.15, 0.2) is 5.82 Å². The summed E-state index contributed by atoms with van der Waals surface area (Å²) in [5, 5.41) is 0. The van der Waals surface area contributed by atoms with Crippen molar-refractivity contribution in [3.05, 3.63) is 18.6 Å². The maximum absolute atomic E-state index is 11.4. The van der Waals surface area contributed by atoms with Crippen LogP contribution in [0.4, 0.5) is 5.82 Å². The van der Waals surface area contributed by atoms with Crippen molar-refractivity contribution in [2.75, 3.05) is 11.4 Å². The van der Waals surface area contributed by atoms with Gasteiger partial charge < -0.3 is 5.73 Å². The minimum atomic E-state index is -0.373. The number of nitrogens with two attached hydrogens (primary N) is 1. The number of aromatic nitrogens is 2. The summed E-state index contributed by atoms with van der Waals surface area (Å²) in [5.41, 5.74) is 5.57. The van der Waals surface area contributed by atoms with Crippen LogP contribution in [0.5, 0.6) is 0 Å². The van der Waals surface area contributed by atoms with E-state index in [-0.39, 0.29) is 36.8 Å². The van der Waals surface area contributed by atoms with Gasteiger partial charge >= 0.3 is 0 Å². The maximum Gasteiger partial charge on any atom is 0.245 e. The first-order valence-electron chi connectivity index (χ1n) is 4.12. The molecule has 0 spiro atoms. The van der Waals surface area contributed by atoms with Crippen molar-refractivity contribution in [3.63, 3.8) is 0 Å². The Bertz CT molecular complexity index is 322. The van der Waals surface area contributed by atoms with Crippen molar-refractivity contribution in [3.8, 4) is 0 Å². The quantitative estimate of drug-likeness (QED) is 0.783. The summed E-state index contributed by atoms with van der Waals surface area (Å²) in [6.07, 6.45) is 5.39. The molecule has 0 saturated carbocycles. The first-order valence-corrected chi connectivity index (χ1v) is 4.12. The molecule has 0 unspecified atom stereocenters. The number of rotatable bonds is 1. The van der Waals surface area contributed by atoms with Crippen LogP contribution in [0.3, 0.4) is 0 Å². The Morgan fingerprint density at radius 3 is 2.60 bits per heavy atom.